The smallest absolute Gasteiger partial charge is 0.224 e. The molecule has 0 spiro atoms. The van der Waals surface area contributed by atoms with Crippen LogP contribution in [0.1, 0.15) is 37.8 Å². The highest BCUT2D eigenvalue weighted by Crippen LogP contribution is 2.27. The Morgan fingerprint density at radius 3 is 2.21 bits per heavy atom. The van der Waals surface area contributed by atoms with Crippen LogP contribution in [-0.2, 0) is 17.6 Å². The fourth-order valence-electron chi connectivity index (χ4n) is 2.80. The molecule has 1 aromatic rings. The van der Waals surface area contributed by atoms with Gasteiger partial charge >= 0.3 is 0 Å². The van der Waals surface area contributed by atoms with Crippen molar-refractivity contribution in [2.45, 2.75) is 45.1 Å². The molecule has 0 saturated carbocycles. The Morgan fingerprint density at radius 2 is 1.79 bits per heavy atom. The van der Waals surface area contributed by atoms with Gasteiger partial charge in [-0.05, 0) is 36.8 Å². The summed E-state index contributed by atoms with van der Waals surface area (Å²) in [7, 11) is 0. The molecule has 0 bridgehead atoms. The van der Waals surface area contributed by atoms with Gasteiger partial charge in [-0.25, -0.2) is 0 Å². The number of carbonyl (C=O) groups excluding carboxylic acids is 1. The van der Waals surface area contributed by atoms with Crippen LogP contribution in [0, 0.1) is 5.92 Å². The third-order valence-electron chi connectivity index (χ3n) is 4.47. The second-order valence-corrected chi connectivity index (χ2v) is 5.51. The molecule has 0 fully saturated rings. The lowest BCUT2D eigenvalue weighted by Crippen LogP contribution is -2.52. The zero-order valence-corrected chi connectivity index (χ0v) is 11.8. The molecule has 1 aliphatic carbocycles. The molecule has 3 nitrogen and oxygen atoms in total. The number of amides is 1. The average molecular weight is 261 g/mol. The van der Waals surface area contributed by atoms with Gasteiger partial charge in [0.15, 0.2) is 0 Å². The van der Waals surface area contributed by atoms with Crippen LogP contribution in [0.3, 0.4) is 0 Å². The molecule has 0 unspecified atom stereocenters. The number of hydrogen-bond acceptors (Lipinski definition) is 2. The van der Waals surface area contributed by atoms with Gasteiger partial charge in [0.05, 0.1) is 12.1 Å². The molecular weight excluding hydrogens is 238 g/mol. The number of aliphatic hydroxyl groups is 1. The molecule has 0 radical (unpaired) electrons. The Kier molecular flexibility index (Phi) is 4.25. The molecule has 2 N–H and O–H groups in total. The van der Waals surface area contributed by atoms with Crippen LogP contribution < -0.4 is 5.32 Å². The average Bonchev–Trinajstić information content (AvgIpc) is 2.89. The third-order valence-corrected chi connectivity index (χ3v) is 4.47. The predicted octanol–water partition coefficient (Wildman–Crippen LogP) is 2.07. The standard InChI is InChI=1S/C16H23NO2/c1-3-16(4-2,11-18)17-15(19)14-9-12-7-5-6-8-13(12)10-14/h5-8,14,18H,3-4,9-11H2,1-2H3,(H,17,19). The van der Waals surface area contributed by atoms with Gasteiger partial charge in [-0.3, -0.25) is 4.79 Å². The maximum atomic E-state index is 12.4. The summed E-state index contributed by atoms with van der Waals surface area (Å²) >= 11 is 0. The number of hydrogen-bond donors (Lipinski definition) is 2. The van der Waals surface area contributed by atoms with Gasteiger partial charge in [-0.2, -0.15) is 0 Å². The number of fused-ring (bicyclic) bond motifs is 1. The van der Waals surface area contributed by atoms with Crippen LogP contribution in [0.5, 0.6) is 0 Å². The molecule has 0 atom stereocenters. The summed E-state index contributed by atoms with van der Waals surface area (Å²) in [6.07, 6.45) is 3.14. The van der Waals surface area contributed by atoms with Crippen molar-refractivity contribution in [1.82, 2.24) is 5.32 Å². The molecule has 0 heterocycles. The first-order valence-electron chi connectivity index (χ1n) is 7.13. The van der Waals surface area contributed by atoms with E-state index in [1.165, 1.54) is 11.1 Å². The number of carbonyl (C=O) groups is 1. The van der Waals surface area contributed by atoms with Crippen molar-refractivity contribution in [2.24, 2.45) is 5.92 Å². The predicted molar refractivity (Wildman–Crippen MR) is 75.9 cm³/mol. The SMILES string of the molecule is CCC(CC)(CO)NC(=O)C1Cc2ccccc2C1. The lowest BCUT2D eigenvalue weighted by atomic mass is 9.92. The Labute approximate surface area is 115 Å². The van der Waals surface area contributed by atoms with Crippen LogP contribution in [0.15, 0.2) is 24.3 Å². The molecule has 1 amide bonds. The van der Waals surface area contributed by atoms with E-state index >= 15 is 0 Å². The highest BCUT2D eigenvalue weighted by molar-refractivity contribution is 5.81. The molecule has 19 heavy (non-hydrogen) atoms. The molecule has 0 aromatic heterocycles. The van der Waals surface area contributed by atoms with Gasteiger partial charge in [0.25, 0.3) is 0 Å². The minimum Gasteiger partial charge on any atom is -0.394 e. The quantitative estimate of drug-likeness (QED) is 0.852. The molecular formula is C16H23NO2. The number of nitrogens with one attached hydrogen (secondary N) is 1. The van der Waals surface area contributed by atoms with Crippen molar-refractivity contribution in [3.05, 3.63) is 35.4 Å². The lowest BCUT2D eigenvalue weighted by molar-refractivity contribution is -0.127. The third kappa shape index (κ3) is 2.81. The number of aliphatic hydroxyl groups excluding tert-OH is 1. The van der Waals surface area contributed by atoms with Gasteiger partial charge in [0, 0.05) is 5.92 Å². The zero-order valence-electron chi connectivity index (χ0n) is 11.8. The lowest BCUT2D eigenvalue weighted by Gasteiger charge is -2.32. The van der Waals surface area contributed by atoms with E-state index in [1.54, 1.807) is 0 Å². The van der Waals surface area contributed by atoms with Crippen molar-refractivity contribution in [1.29, 1.82) is 0 Å². The molecule has 0 aliphatic heterocycles. The molecule has 2 rings (SSSR count). The van der Waals surface area contributed by atoms with E-state index in [9.17, 15) is 9.90 Å². The van der Waals surface area contributed by atoms with Crippen LogP contribution in [0.4, 0.5) is 0 Å². The van der Waals surface area contributed by atoms with E-state index in [1.807, 2.05) is 26.0 Å². The van der Waals surface area contributed by atoms with Crippen LogP contribution in [-0.4, -0.2) is 23.2 Å². The van der Waals surface area contributed by atoms with E-state index in [-0.39, 0.29) is 18.4 Å². The largest absolute Gasteiger partial charge is 0.394 e. The van der Waals surface area contributed by atoms with E-state index in [2.05, 4.69) is 17.4 Å². The first-order valence-corrected chi connectivity index (χ1v) is 7.13. The minimum absolute atomic E-state index is 0.00537. The Bertz CT molecular complexity index is 419. The molecule has 1 aromatic carbocycles. The van der Waals surface area contributed by atoms with E-state index in [0.717, 1.165) is 25.7 Å². The summed E-state index contributed by atoms with van der Waals surface area (Å²) in [5.74, 6) is 0.0929. The van der Waals surface area contributed by atoms with Crippen molar-refractivity contribution >= 4 is 5.91 Å². The summed E-state index contributed by atoms with van der Waals surface area (Å²) in [6, 6.07) is 8.24. The van der Waals surface area contributed by atoms with Crippen molar-refractivity contribution in [3.63, 3.8) is 0 Å². The van der Waals surface area contributed by atoms with Crippen LogP contribution in [0.2, 0.25) is 0 Å². The first kappa shape index (κ1) is 14.1. The maximum absolute atomic E-state index is 12.4. The second-order valence-electron chi connectivity index (χ2n) is 5.51. The maximum Gasteiger partial charge on any atom is 0.224 e. The van der Waals surface area contributed by atoms with Crippen LogP contribution in [0.25, 0.3) is 0 Å². The summed E-state index contributed by atoms with van der Waals surface area (Å²) in [5.41, 5.74) is 2.11. The fraction of sp³-hybridized carbons (Fsp3) is 0.562. The Hall–Kier alpha value is -1.35. The van der Waals surface area contributed by atoms with Gasteiger partial charge < -0.3 is 10.4 Å². The van der Waals surface area contributed by atoms with Crippen molar-refractivity contribution in [3.8, 4) is 0 Å². The monoisotopic (exact) mass is 261 g/mol. The highest BCUT2D eigenvalue weighted by atomic mass is 16.3. The van der Waals surface area contributed by atoms with Gasteiger partial charge in [0.1, 0.15) is 0 Å². The summed E-state index contributed by atoms with van der Waals surface area (Å²) in [6.45, 7) is 4.01. The Morgan fingerprint density at radius 1 is 1.26 bits per heavy atom. The summed E-state index contributed by atoms with van der Waals surface area (Å²) in [4.78, 5) is 12.4. The number of rotatable bonds is 5. The van der Waals surface area contributed by atoms with Gasteiger partial charge in [0.2, 0.25) is 5.91 Å². The van der Waals surface area contributed by atoms with Crippen molar-refractivity contribution in [2.75, 3.05) is 6.61 Å². The van der Waals surface area contributed by atoms with E-state index < -0.39 is 5.54 Å². The first-order chi connectivity index (χ1) is 9.14. The van der Waals surface area contributed by atoms with Gasteiger partial charge in [-0.15, -0.1) is 0 Å². The fourth-order valence-corrected chi connectivity index (χ4v) is 2.80. The topological polar surface area (TPSA) is 49.3 Å². The summed E-state index contributed by atoms with van der Waals surface area (Å²) in [5, 5.41) is 12.6. The van der Waals surface area contributed by atoms with E-state index in [0.29, 0.717) is 0 Å². The zero-order chi connectivity index (χ0) is 13.9. The Balaban J connectivity index is 2.03. The molecule has 104 valence electrons. The van der Waals surface area contributed by atoms with Crippen molar-refractivity contribution < 1.29 is 9.90 Å². The molecule has 0 saturated heterocycles. The molecule has 3 heteroatoms. The number of benzene rings is 1. The van der Waals surface area contributed by atoms with Gasteiger partial charge in [-0.1, -0.05) is 38.1 Å². The normalized spacial score (nSPS) is 15.3. The second kappa shape index (κ2) is 5.74. The molecule has 1 aliphatic rings. The summed E-state index contributed by atoms with van der Waals surface area (Å²) < 4.78 is 0. The minimum atomic E-state index is -0.453. The highest BCUT2D eigenvalue weighted by Gasteiger charge is 2.33. The van der Waals surface area contributed by atoms with E-state index in [4.69, 9.17) is 0 Å². The van der Waals surface area contributed by atoms with Crippen LogP contribution >= 0.6 is 0 Å².